The maximum Gasteiger partial charge on any atom is 0.248 e. The van der Waals surface area contributed by atoms with Gasteiger partial charge in [-0.05, 0) is 30.4 Å². The quantitative estimate of drug-likeness (QED) is 0.554. The van der Waals surface area contributed by atoms with Crippen molar-refractivity contribution in [2.45, 2.75) is 50.6 Å². The first-order valence-electron chi connectivity index (χ1n) is 12.4. The van der Waals surface area contributed by atoms with E-state index in [4.69, 9.17) is 9.47 Å². The Hall–Kier alpha value is -2.37. The lowest BCUT2D eigenvalue weighted by Gasteiger charge is -2.37. The Kier molecular flexibility index (Phi) is 8.40. The molecule has 5 nitrogen and oxygen atoms in total. The molecule has 1 aliphatic carbocycles. The van der Waals surface area contributed by atoms with Crippen LogP contribution in [-0.2, 0) is 16.1 Å². The molecule has 2 fully saturated rings. The molecule has 2 atom stereocenters. The molecule has 5 heteroatoms. The average Bonchev–Trinajstić information content (AvgIpc) is 3.26. The summed E-state index contributed by atoms with van der Waals surface area (Å²) in [5, 5.41) is 0. The third kappa shape index (κ3) is 5.96. The minimum absolute atomic E-state index is 0.138. The van der Waals surface area contributed by atoms with Gasteiger partial charge in [0.1, 0.15) is 12.4 Å². The number of carbonyl (C=O) groups excluding carboxylic acids is 1. The fraction of sp³-hybridized carbons (Fsp3) is 0.536. The van der Waals surface area contributed by atoms with Crippen molar-refractivity contribution in [1.82, 2.24) is 9.80 Å². The van der Waals surface area contributed by atoms with Gasteiger partial charge in [0, 0.05) is 50.8 Å². The van der Waals surface area contributed by atoms with Crippen LogP contribution in [0, 0.1) is 5.92 Å². The lowest BCUT2D eigenvalue weighted by Crippen LogP contribution is -2.46. The fourth-order valence-electron chi connectivity index (χ4n) is 5.73. The minimum atomic E-state index is 0.138. The molecule has 0 bridgehead atoms. The van der Waals surface area contributed by atoms with Gasteiger partial charge in [-0.15, -0.1) is 0 Å². The molecule has 0 radical (unpaired) electrons. The van der Waals surface area contributed by atoms with Gasteiger partial charge in [-0.1, -0.05) is 67.8 Å². The second-order valence-electron chi connectivity index (χ2n) is 9.55. The average molecular weight is 451 g/mol. The molecule has 2 aromatic rings. The minimum Gasteiger partial charge on any atom is -0.496 e. The summed E-state index contributed by atoms with van der Waals surface area (Å²) in [5.41, 5.74) is 2.58. The molecule has 1 amide bonds. The monoisotopic (exact) mass is 450 g/mol. The molecule has 1 saturated heterocycles. The van der Waals surface area contributed by atoms with E-state index in [-0.39, 0.29) is 12.5 Å². The highest BCUT2D eigenvalue weighted by molar-refractivity contribution is 5.77. The zero-order valence-corrected chi connectivity index (χ0v) is 20.1. The largest absolute Gasteiger partial charge is 0.496 e. The van der Waals surface area contributed by atoms with E-state index in [0.717, 1.165) is 44.8 Å². The summed E-state index contributed by atoms with van der Waals surface area (Å²) in [5.74, 6) is 1.88. The van der Waals surface area contributed by atoms with Crippen LogP contribution in [0.25, 0.3) is 0 Å². The SMILES string of the molecule is COCC(=O)N(CC1CN(Cc2ccccc2OC)CC1c1ccccc1)C1CCCCC1. The lowest BCUT2D eigenvalue weighted by molar-refractivity contribution is -0.139. The maximum absolute atomic E-state index is 13.1. The Morgan fingerprint density at radius 2 is 1.70 bits per heavy atom. The number of nitrogens with zero attached hydrogens (tertiary/aromatic N) is 2. The van der Waals surface area contributed by atoms with E-state index < -0.39 is 0 Å². The van der Waals surface area contributed by atoms with Crippen LogP contribution in [0.5, 0.6) is 5.75 Å². The molecule has 2 unspecified atom stereocenters. The fourth-order valence-corrected chi connectivity index (χ4v) is 5.73. The zero-order valence-electron chi connectivity index (χ0n) is 20.1. The van der Waals surface area contributed by atoms with Crippen LogP contribution in [0.1, 0.15) is 49.1 Å². The van der Waals surface area contributed by atoms with Crippen molar-refractivity contribution in [2.75, 3.05) is 40.5 Å². The van der Waals surface area contributed by atoms with Crippen LogP contribution in [0.15, 0.2) is 54.6 Å². The molecule has 178 valence electrons. The second kappa shape index (κ2) is 11.7. The zero-order chi connectivity index (χ0) is 23.0. The summed E-state index contributed by atoms with van der Waals surface area (Å²) in [6.07, 6.45) is 5.94. The van der Waals surface area contributed by atoms with E-state index in [0.29, 0.717) is 17.9 Å². The molecule has 2 aliphatic rings. The van der Waals surface area contributed by atoms with Gasteiger partial charge in [0.05, 0.1) is 7.11 Å². The molecular weight excluding hydrogens is 412 g/mol. The molecule has 1 saturated carbocycles. The highest BCUT2D eigenvalue weighted by Crippen LogP contribution is 2.36. The van der Waals surface area contributed by atoms with Gasteiger partial charge in [0.2, 0.25) is 5.91 Å². The molecule has 0 N–H and O–H groups in total. The maximum atomic E-state index is 13.1. The number of hydrogen-bond acceptors (Lipinski definition) is 4. The topological polar surface area (TPSA) is 42.0 Å². The Morgan fingerprint density at radius 3 is 2.42 bits per heavy atom. The lowest BCUT2D eigenvalue weighted by atomic mass is 9.87. The van der Waals surface area contributed by atoms with Gasteiger partial charge < -0.3 is 14.4 Å². The van der Waals surface area contributed by atoms with Crippen molar-refractivity contribution >= 4 is 5.91 Å². The van der Waals surface area contributed by atoms with Gasteiger partial charge in [0.15, 0.2) is 0 Å². The van der Waals surface area contributed by atoms with Crippen LogP contribution >= 0.6 is 0 Å². The third-order valence-electron chi connectivity index (χ3n) is 7.37. The van der Waals surface area contributed by atoms with Crippen molar-refractivity contribution < 1.29 is 14.3 Å². The van der Waals surface area contributed by atoms with Gasteiger partial charge in [-0.25, -0.2) is 0 Å². The van der Waals surface area contributed by atoms with Crippen molar-refractivity contribution in [2.24, 2.45) is 5.92 Å². The third-order valence-corrected chi connectivity index (χ3v) is 7.37. The Balaban J connectivity index is 1.55. The number of para-hydroxylation sites is 1. The summed E-state index contributed by atoms with van der Waals surface area (Å²) in [6.45, 7) is 3.79. The summed E-state index contributed by atoms with van der Waals surface area (Å²) in [7, 11) is 3.36. The van der Waals surface area contributed by atoms with Crippen molar-refractivity contribution in [1.29, 1.82) is 0 Å². The normalized spacial score (nSPS) is 21.8. The van der Waals surface area contributed by atoms with E-state index in [2.05, 4.69) is 52.3 Å². The highest BCUT2D eigenvalue weighted by Gasteiger charge is 2.37. The van der Waals surface area contributed by atoms with Crippen molar-refractivity contribution in [3.05, 3.63) is 65.7 Å². The summed E-state index contributed by atoms with van der Waals surface area (Å²) < 4.78 is 10.9. The molecule has 1 heterocycles. The molecule has 1 aliphatic heterocycles. The number of likely N-dealkylation sites (tertiary alicyclic amines) is 1. The van der Waals surface area contributed by atoms with Gasteiger partial charge in [-0.2, -0.15) is 0 Å². The van der Waals surface area contributed by atoms with Crippen LogP contribution in [0.3, 0.4) is 0 Å². The van der Waals surface area contributed by atoms with Gasteiger partial charge in [-0.3, -0.25) is 9.69 Å². The van der Waals surface area contributed by atoms with Crippen molar-refractivity contribution in [3.8, 4) is 5.75 Å². The Bertz CT molecular complexity index is 882. The first-order chi connectivity index (χ1) is 16.2. The predicted molar refractivity (Wildman–Crippen MR) is 131 cm³/mol. The summed E-state index contributed by atoms with van der Waals surface area (Å²) in [4.78, 5) is 17.8. The van der Waals surface area contributed by atoms with Crippen LogP contribution in [-0.4, -0.2) is 62.2 Å². The van der Waals surface area contributed by atoms with Crippen LogP contribution in [0.2, 0.25) is 0 Å². The summed E-state index contributed by atoms with van der Waals surface area (Å²) >= 11 is 0. The Morgan fingerprint density at radius 1 is 0.970 bits per heavy atom. The number of amides is 1. The molecular formula is C28H38N2O3. The van der Waals surface area contributed by atoms with Crippen LogP contribution < -0.4 is 4.74 Å². The van der Waals surface area contributed by atoms with Gasteiger partial charge >= 0.3 is 0 Å². The number of hydrogen-bond donors (Lipinski definition) is 0. The van der Waals surface area contributed by atoms with E-state index in [1.54, 1.807) is 14.2 Å². The number of rotatable bonds is 9. The van der Waals surface area contributed by atoms with E-state index in [1.165, 1.54) is 30.4 Å². The molecule has 4 rings (SSSR count). The predicted octanol–water partition coefficient (Wildman–Crippen LogP) is 4.72. The van der Waals surface area contributed by atoms with E-state index in [9.17, 15) is 4.79 Å². The number of carbonyl (C=O) groups is 1. The summed E-state index contributed by atoms with van der Waals surface area (Å²) in [6, 6.07) is 19.5. The van der Waals surface area contributed by atoms with Gasteiger partial charge in [0.25, 0.3) is 0 Å². The second-order valence-corrected chi connectivity index (χ2v) is 9.55. The molecule has 0 aromatic heterocycles. The molecule has 0 spiro atoms. The number of methoxy groups -OCH3 is 2. The smallest absolute Gasteiger partial charge is 0.248 e. The number of benzene rings is 2. The van der Waals surface area contributed by atoms with E-state index >= 15 is 0 Å². The van der Waals surface area contributed by atoms with Crippen molar-refractivity contribution in [3.63, 3.8) is 0 Å². The first-order valence-corrected chi connectivity index (χ1v) is 12.4. The molecule has 2 aromatic carbocycles. The van der Waals surface area contributed by atoms with Crippen LogP contribution in [0.4, 0.5) is 0 Å². The number of ether oxygens (including phenoxy) is 2. The Labute approximate surface area is 198 Å². The standard InChI is InChI=1S/C28H38N2O3/c1-32-21-28(31)30(25-14-7-4-8-15-25)19-24-18-29(17-23-13-9-10-16-27(23)33-2)20-26(24)22-11-5-3-6-12-22/h3,5-6,9-13,16,24-26H,4,7-8,14-15,17-21H2,1-2H3. The first kappa shape index (κ1) is 23.8. The highest BCUT2D eigenvalue weighted by atomic mass is 16.5. The van der Waals surface area contributed by atoms with E-state index in [1.807, 2.05) is 12.1 Å². The molecule has 33 heavy (non-hydrogen) atoms.